The molecule has 0 aromatic rings. The lowest BCUT2D eigenvalue weighted by atomic mass is 9.62. The molecule has 0 heterocycles. The molecular weight excluding hydrogens is 296 g/mol. The van der Waals surface area contributed by atoms with Crippen molar-refractivity contribution in [3.63, 3.8) is 0 Å². The van der Waals surface area contributed by atoms with E-state index in [1.54, 1.807) is 0 Å². The summed E-state index contributed by atoms with van der Waals surface area (Å²) in [5.41, 5.74) is 6.96. The van der Waals surface area contributed by atoms with Gasteiger partial charge in [0.15, 0.2) is 13.9 Å². The number of carbonyl (C=O) groups is 1. The first-order valence-electron chi connectivity index (χ1n) is 8.17. The Hall–Kier alpha value is -0.813. The number of hydrogen-bond donors (Lipinski definition) is 1. The first kappa shape index (κ1) is 17.5. The number of aliphatic hydroxyl groups is 1. The summed E-state index contributed by atoms with van der Waals surface area (Å²) in [6.07, 6.45) is 3.69. The lowest BCUT2D eigenvalue weighted by Gasteiger charge is -2.54. The van der Waals surface area contributed by atoms with Gasteiger partial charge in [0.05, 0.1) is 5.60 Å². The lowest BCUT2D eigenvalue weighted by molar-refractivity contribution is -0.168. The lowest BCUT2D eigenvalue weighted by Crippen LogP contribution is -2.70. The molecule has 2 saturated carbocycles. The predicted octanol–water partition coefficient (Wildman–Crippen LogP) is 3.09. The van der Waals surface area contributed by atoms with E-state index in [-0.39, 0.29) is 23.0 Å². The van der Waals surface area contributed by atoms with Gasteiger partial charge >= 0.3 is 5.71 Å². The zero-order chi connectivity index (χ0) is 16.8. The second kappa shape index (κ2) is 5.37. The molecule has 2 atom stereocenters. The van der Waals surface area contributed by atoms with Crippen molar-refractivity contribution in [1.29, 1.82) is 0 Å². The van der Waals surface area contributed by atoms with Crippen LogP contribution >= 0.6 is 0 Å². The van der Waals surface area contributed by atoms with E-state index in [1.807, 2.05) is 0 Å². The first-order valence-corrected chi connectivity index (χ1v) is 11.1. The molecule has 22 heavy (non-hydrogen) atoms. The van der Waals surface area contributed by atoms with Crippen LogP contribution in [0.1, 0.15) is 59.3 Å². The standard InChI is InChI=1S/C16H28N2O3Si/c1-14(2,3)22(4,5)21-15-9-6-7-10-16(15,20)13(18-17)12(19)8-11-15/h20H,6-11H2,1-5H3/t15-,16-/m1/s1. The third-order valence-corrected chi connectivity index (χ3v) is 10.4. The van der Waals surface area contributed by atoms with Crippen LogP contribution in [0, 0.1) is 0 Å². The van der Waals surface area contributed by atoms with E-state index >= 15 is 0 Å². The molecule has 0 aromatic heterocycles. The van der Waals surface area contributed by atoms with Gasteiger partial charge in [0.1, 0.15) is 0 Å². The maximum absolute atomic E-state index is 12.1. The monoisotopic (exact) mass is 324 g/mol. The number of hydrogen-bond acceptors (Lipinski definition) is 3. The van der Waals surface area contributed by atoms with Crippen LogP contribution in [-0.2, 0) is 9.22 Å². The van der Waals surface area contributed by atoms with Crippen molar-refractivity contribution in [3.8, 4) is 0 Å². The molecular formula is C16H28N2O3Si. The Morgan fingerprint density at radius 2 is 1.82 bits per heavy atom. The van der Waals surface area contributed by atoms with E-state index in [4.69, 9.17) is 4.43 Å². The molecule has 0 unspecified atom stereocenters. The van der Waals surface area contributed by atoms with Crippen molar-refractivity contribution in [2.75, 3.05) is 0 Å². The van der Waals surface area contributed by atoms with Gasteiger partial charge in [-0.05, 0) is 43.8 Å². The number of carbonyl (C=O) groups excluding carboxylic acids is 1. The quantitative estimate of drug-likeness (QED) is 0.481. The van der Waals surface area contributed by atoms with Crippen molar-refractivity contribution in [1.82, 2.24) is 0 Å². The second-order valence-electron chi connectivity index (χ2n) is 8.30. The van der Waals surface area contributed by atoms with Gasteiger partial charge in [-0.1, -0.05) is 27.2 Å². The Bertz CT molecular complexity index is 534. The van der Waals surface area contributed by atoms with Crippen LogP contribution in [0.25, 0.3) is 5.53 Å². The first-order chi connectivity index (χ1) is 9.99. The molecule has 0 saturated heterocycles. The van der Waals surface area contributed by atoms with Crippen LogP contribution in [0.3, 0.4) is 0 Å². The predicted molar refractivity (Wildman–Crippen MR) is 87.3 cm³/mol. The van der Waals surface area contributed by atoms with Crippen LogP contribution in [0.15, 0.2) is 0 Å². The fourth-order valence-electron chi connectivity index (χ4n) is 3.52. The van der Waals surface area contributed by atoms with E-state index in [2.05, 4.69) is 38.7 Å². The van der Waals surface area contributed by atoms with E-state index < -0.39 is 19.5 Å². The molecule has 5 nitrogen and oxygen atoms in total. The minimum atomic E-state index is -2.13. The molecule has 6 heteroatoms. The van der Waals surface area contributed by atoms with Gasteiger partial charge < -0.3 is 15.1 Å². The van der Waals surface area contributed by atoms with Crippen LogP contribution in [0.5, 0.6) is 0 Å². The molecule has 2 aliphatic carbocycles. The van der Waals surface area contributed by atoms with Crippen LogP contribution in [0.4, 0.5) is 0 Å². The highest BCUT2D eigenvalue weighted by atomic mass is 28.4. The van der Waals surface area contributed by atoms with Gasteiger partial charge in [-0.25, -0.2) is 0 Å². The summed E-state index contributed by atoms with van der Waals surface area (Å²) in [5, 5.41) is 11.3. The Labute approximate surface area is 133 Å². The minimum absolute atomic E-state index is 0.0120. The Morgan fingerprint density at radius 3 is 2.36 bits per heavy atom. The van der Waals surface area contributed by atoms with E-state index in [0.29, 0.717) is 19.3 Å². The van der Waals surface area contributed by atoms with Gasteiger partial charge in [-0.2, -0.15) is 4.79 Å². The molecule has 2 fully saturated rings. The van der Waals surface area contributed by atoms with Gasteiger partial charge in [0.25, 0.3) is 0 Å². The summed E-state index contributed by atoms with van der Waals surface area (Å²) < 4.78 is 6.66. The van der Waals surface area contributed by atoms with Gasteiger partial charge in [0, 0.05) is 6.42 Å². The number of Topliss-reactive ketones (excluding diaryl/α,β-unsaturated/α-hetero) is 1. The molecule has 0 aromatic carbocycles. The largest absolute Gasteiger partial charge is 0.408 e. The van der Waals surface area contributed by atoms with Gasteiger partial charge in [0.2, 0.25) is 5.78 Å². The topological polar surface area (TPSA) is 82.9 Å². The number of rotatable bonds is 2. The van der Waals surface area contributed by atoms with Crippen LogP contribution < -0.4 is 0 Å². The van der Waals surface area contributed by atoms with Gasteiger partial charge in [-0.3, -0.25) is 4.79 Å². The highest BCUT2D eigenvalue weighted by Crippen LogP contribution is 2.51. The number of fused-ring (bicyclic) bond motifs is 1. The normalized spacial score (nSPS) is 33.4. The molecule has 0 bridgehead atoms. The smallest absolute Gasteiger partial charge is 0.368 e. The van der Waals surface area contributed by atoms with Crippen molar-refractivity contribution in [2.45, 2.75) is 88.6 Å². The third kappa shape index (κ3) is 2.52. The molecule has 0 aliphatic heterocycles. The Morgan fingerprint density at radius 1 is 1.23 bits per heavy atom. The zero-order valence-electron chi connectivity index (χ0n) is 14.4. The van der Waals surface area contributed by atoms with Crippen molar-refractivity contribution in [3.05, 3.63) is 5.53 Å². The SMILES string of the molecule is CC(C)(C)[Si](C)(C)O[C@@]12CCCC[C@@]1(O)C(=[N+]=[N-])C(=O)CC2. The minimum Gasteiger partial charge on any atom is -0.408 e. The third-order valence-electron chi connectivity index (χ3n) is 5.89. The van der Waals surface area contributed by atoms with Crippen molar-refractivity contribution >= 4 is 19.8 Å². The van der Waals surface area contributed by atoms with E-state index in [9.17, 15) is 15.4 Å². The Kier molecular flexibility index (Phi) is 4.28. The van der Waals surface area contributed by atoms with Crippen LogP contribution in [-0.4, -0.2) is 40.9 Å². The van der Waals surface area contributed by atoms with E-state index in [1.165, 1.54) is 0 Å². The number of ketones is 1. The fraction of sp³-hybridized carbons (Fsp3) is 0.875. The summed E-state index contributed by atoms with van der Waals surface area (Å²) in [4.78, 5) is 15.3. The molecule has 2 rings (SSSR count). The fourth-order valence-corrected chi connectivity index (χ4v) is 5.18. The molecule has 0 spiro atoms. The average molecular weight is 324 g/mol. The number of nitrogens with zero attached hydrogens (tertiary/aromatic N) is 2. The summed E-state index contributed by atoms with van der Waals surface area (Å²) in [6.45, 7) is 10.8. The summed E-state index contributed by atoms with van der Waals surface area (Å²) >= 11 is 0. The maximum atomic E-state index is 12.1. The van der Waals surface area contributed by atoms with Crippen molar-refractivity contribution < 1.29 is 19.1 Å². The second-order valence-corrected chi connectivity index (χ2v) is 13.0. The summed E-state index contributed by atoms with van der Waals surface area (Å²) in [6, 6.07) is 0. The molecule has 124 valence electrons. The Balaban J connectivity index is 2.49. The highest BCUT2D eigenvalue weighted by Gasteiger charge is 2.66. The van der Waals surface area contributed by atoms with E-state index in [0.717, 1.165) is 12.8 Å². The maximum Gasteiger partial charge on any atom is 0.368 e. The van der Waals surface area contributed by atoms with Crippen molar-refractivity contribution in [2.24, 2.45) is 0 Å². The van der Waals surface area contributed by atoms with Crippen LogP contribution in [0.2, 0.25) is 18.1 Å². The molecule has 0 amide bonds. The molecule has 0 radical (unpaired) electrons. The van der Waals surface area contributed by atoms with Gasteiger partial charge in [-0.15, -0.1) is 0 Å². The molecule has 2 aliphatic rings. The average Bonchev–Trinajstić information content (AvgIpc) is 2.38. The summed E-state index contributed by atoms with van der Waals surface area (Å²) in [7, 11) is -2.13. The molecule has 1 N–H and O–H groups in total. The summed E-state index contributed by atoms with van der Waals surface area (Å²) in [5.74, 6) is -0.263. The zero-order valence-corrected chi connectivity index (χ0v) is 15.4. The highest BCUT2D eigenvalue weighted by molar-refractivity contribution is 6.74.